The van der Waals surface area contributed by atoms with Gasteiger partial charge in [0.15, 0.2) is 0 Å². The number of nitrogens with zero attached hydrogens (tertiary/aromatic N) is 2. The quantitative estimate of drug-likeness (QED) is 0.884. The van der Waals surface area contributed by atoms with E-state index < -0.39 is 15.8 Å². The predicted octanol–water partition coefficient (Wildman–Crippen LogP) is 2.17. The number of aryl methyl sites for hydroxylation is 1. The van der Waals surface area contributed by atoms with E-state index in [0.717, 1.165) is 12.8 Å². The maximum Gasteiger partial charge on any atom is 0.321 e. The molecule has 0 spiro atoms. The fourth-order valence-electron chi connectivity index (χ4n) is 3.42. The summed E-state index contributed by atoms with van der Waals surface area (Å²) >= 11 is 0. The molecule has 0 aliphatic carbocycles. The number of hydrogen-bond acceptors (Lipinski definition) is 3. The fourth-order valence-corrected chi connectivity index (χ4v) is 5.18. The molecule has 1 aromatic carbocycles. The van der Waals surface area contributed by atoms with Crippen LogP contribution in [0.5, 0.6) is 0 Å². The minimum absolute atomic E-state index is 0.179. The molecule has 2 fully saturated rings. The smallest absolute Gasteiger partial charge is 0.321 e. The van der Waals surface area contributed by atoms with Gasteiger partial charge in [0.25, 0.3) is 0 Å². The van der Waals surface area contributed by atoms with Crippen molar-refractivity contribution < 1.29 is 17.6 Å². The molecule has 0 saturated carbocycles. The number of nitrogens with one attached hydrogen (secondary N) is 1. The van der Waals surface area contributed by atoms with Gasteiger partial charge in [-0.1, -0.05) is 12.1 Å². The summed E-state index contributed by atoms with van der Waals surface area (Å²) in [5.74, 6) is -0.288. The number of hydrogen-bond donors (Lipinski definition) is 1. The average molecular weight is 355 g/mol. The molecule has 2 saturated heterocycles. The molecule has 0 radical (unpaired) electrons. The lowest BCUT2D eigenvalue weighted by molar-refractivity contribution is 0.163. The number of sulfonamides is 1. The second-order valence-corrected chi connectivity index (χ2v) is 8.43. The second kappa shape index (κ2) is 6.68. The molecule has 2 aliphatic heterocycles. The first-order valence-corrected chi connectivity index (χ1v) is 9.80. The van der Waals surface area contributed by atoms with Crippen molar-refractivity contribution in [2.75, 3.05) is 30.7 Å². The molecule has 2 heterocycles. The minimum Gasteiger partial charge on any atom is -0.323 e. The molecule has 0 bridgehead atoms. The summed E-state index contributed by atoms with van der Waals surface area (Å²) < 4.78 is 39.6. The van der Waals surface area contributed by atoms with Crippen LogP contribution >= 0.6 is 0 Å². The van der Waals surface area contributed by atoms with Crippen molar-refractivity contribution in [2.45, 2.75) is 32.2 Å². The van der Waals surface area contributed by atoms with Gasteiger partial charge in [-0.3, -0.25) is 0 Å². The van der Waals surface area contributed by atoms with Crippen molar-refractivity contribution >= 4 is 21.7 Å². The Bertz CT molecular complexity index is 718. The highest BCUT2D eigenvalue weighted by Gasteiger charge is 2.37. The number of carbonyl (C=O) groups is 1. The van der Waals surface area contributed by atoms with Crippen LogP contribution in [0, 0.1) is 12.7 Å². The third-order valence-electron chi connectivity index (χ3n) is 4.68. The molecule has 24 heavy (non-hydrogen) atoms. The van der Waals surface area contributed by atoms with E-state index in [1.54, 1.807) is 24.0 Å². The number of piperidine rings is 1. The summed E-state index contributed by atoms with van der Waals surface area (Å²) in [5, 5.41) is 2.62. The molecule has 2 aliphatic rings. The number of urea groups is 1. The van der Waals surface area contributed by atoms with Crippen LogP contribution in [-0.2, 0) is 10.0 Å². The maximum atomic E-state index is 13.9. The molecule has 1 unspecified atom stereocenters. The summed E-state index contributed by atoms with van der Waals surface area (Å²) in [4.78, 5) is 14.1. The van der Waals surface area contributed by atoms with Gasteiger partial charge < -0.3 is 10.2 Å². The maximum absolute atomic E-state index is 13.9. The normalized spacial score (nSPS) is 24.1. The first-order chi connectivity index (χ1) is 11.4. The summed E-state index contributed by atoms with van der Waals surface area (Å²) in [6.45, 7) is 3.14. The van der Waals surface area contributed by atoms with Crippen LogP contribution in [0.2, 0.25) is 0 Å². The van der Waals surface area contributed by atoms with Gasteiger partial charge in [0.1, 0.15) is 5.82 Å². The van der Waals surface area contributed by atoms with Gasteiger partial charge in [-0.05, 0) is 37.8 Å². The Morgan fingerprint density at radius 3 is 2.75 bits per heavy atom. The number of para-hydroxylation sites is 1. The van der Waals surface area contributed by atoms with E-state index in [1.807, 2.05) is 0 Å². The van der Waals surface area contributed by atoms with Gasteiger partial charge in [0.2, 0.25) is 10.0 Å². The van der Waals surface area contributed by atoms with Crippen LogP contribution in [0.1, 0.15) is 24.8 Å². The largest absolute Gasteiger partial charge is 0.323 e. The van der Waals surface area contributed by atoms with Crippen LogP contribution in [0.25, 0.3) is 0 Å². The monoisotopic (exact) mass is 355 g/mol. The Hall–Kier alpha value is -1.67. The standard InChI is InChI=1S/C16H22FN3O3S/c1-12-5-2-7-14(17)15(12)18-16(21)19-8-3-6-13(11-19)20-9-4-10-24(20,22)23/h2,5,7,13H,3-4,6,8-11H2,1H3,(H,18,21). The SMILES string of the molecule is Cc1cccc(F)c1NC(=O)N1CCCC(N2CCCS2(=O)=O)C1. The zero-order chi connectivity index (χ0) is 17.3. The number of anilines is 1. The van der Waals surface area contributed by atoms with E-state index in [4.69, 9.17) is 0 Å². The third-order valence-corrected chi connectivity index (χ3v) is 6.68. The van der Waals surface area contributed by atoms with E-state index in [2.05, 4.69) is 5.32 Å². The van der Waals surface area contributed by atoms with Crippen molar-refractivity contribution in [2.24, 2.45) is 0 Å². The van der Waals surface area contributed by atoms with Crippen LogP contribution < -0.4 is 5.32 Å². The van der Waals surface area contributed by atoms with Gasteiger partial charge in [-0.2, -0.15) is 4.31 Å². The first kappa shape index (κ1) is 17.2. The van der Waals surface area contributed by atoms with Crippen molar-refractivity contribution in [1.82, 2.24) is 9.21 Å². The number of halogens is 1. The van der Waals surface area contributed by atoms with E-state index in [0.29, 0.717) is 31.6 Å². The zero-order valence-corrected chi connectivity index (χ0v) is 14.5. The molecule has 132 valence electrons. The molecule has 2 amide bonds. The topological polar surface area (TPSA) is 69.7 Å². The number of amides is 2. The van der Waals surface area contributed by atoms with Gasteiger partial charge in [-0.25, -0.2) is 17.6 Å². The summed E-state index contributed by atoms with van der Waals surface area (Å²) in [6.07, 6.45) is 2.13. The second-order valence-electron chi connectivity index (χ2n) is 6.38. The molecule has 1 atom stereocenters. The van der Waals surface area contributed by atoms with Crippen molar-refractivity contribution in [3.63, 3.8) is 0 Å². The Morgan fingerprint density at radius 1 is 1.29 bits per heavy atom. The van der Waals surface area contributed by atoms with E-state index in [9.17, 15) is 17.6 Å². The molecule has 3 rings (SSSR count). The van der Waals surface area contributed by atoms with E-state index >= 15 is 0 Å². The average Bonchev–Trinajstić information content (AvgIpc) is 2.90. The lowest BCUT2D eigenvalue weighted by Crippen LogP contribution is -2.51. The van der Waals surface area contributed by atoms with E-state index in [1.165, 1.54) is 10.4 Å². The number of carbonyl (C=O) groups excluding carboxylic acids is 1. The van der Waals surface area contributed by atoms with Crippen molar-refractivity contribution in [3.8, 4) is 0 Å². The highest BCUT2D eigenvalue weighted by atomic mass is 32.2. The van der Waals surface area contributed by atoms with Gasteiger partial charge in [0, 0.05) is 25.7 Å². The molecular weight excluding hydrogens is 333 g/mol. The fraction of sp³-hybridized carbons (Fsp3) is 0.562. The molecule has 0 aromatic heterocycles. The molecule has 8 heteroatoms. The van der Waals surface area contributed by atoms with Crippen LogP contribution in [0.3, 0.4) is 0 Å². The van der Waals surface area contributed by atoms with Gasteiger partial charge in [-0.15, -0.1) is 0 Å². The molecule has 1 N–H and O–H groups in total. The summed E-state index contributed by atoms with van der Waals surface area (Å²) in [6, 6.07) is 4.06. The van der Waals surface area contributed by atoms with Crippen LogP contribution in [0.15, 0.2) is 18.2 Å². The Labute approximate surface area is 141 Å². The third kappa shape index (κ3) is 3.39. The Morgan fingerprint density at radius 2 is 2.08 bits per heavy atom. The van der Waals surface area contributed by atoms with Crippen molar-refractivity contribution in [1.29, 1.82) is 0 Å². The minimum atomic E-state index is -3.19. The van der Waals surface area contributed by atoms with Gasteiger partial charge in [0.05, 0.1) is 11.4 Å². The summed E-state index contributed by atoms with van der Waals surface area (Å²) in [5.41, 5.74) is 0.831. The lowest BCUT2D eigenvalue weighted by atomic mass is 10.1. The summed E-state index contributed by atoms with van der Waals surface area (Å²) in [7, 11) is -3.19. The Balaban J connectivity index is 1.69. The zero-order valence-electron chi connectivity index (χ0n) is 13.7. The number of benzene rings is 1. The van der Waals surface area contributed by atoms with Gasteiger partial charge >= 0.3 is 6.03 Å². The van der Waals surface area contributed by atoms with E-state index in [-0.39, 0.29) is 23.5 Å². The highest BCUT2D eigenvalue weighted by molar-refractivity contribution is 7.89. The molecule has 1 aromatic rings. The first-order valence-electron chi connectivity index (χ1n) is 8.19. The number of likely N-dealkylation sites (tertiary alicyclic amines) is 1. The number of rotatable bonds is 2. The highest BCUT2D eigenvalue weighted by Crippen LogP contribution is 2.25. The lowest BCUT2D eigenvalue weighted by Gasteiger charge is -2.36. The van der Waals surface area contributed by atoms with Crippen LogP contribution in [-0.4, -0.2) is 55.1 Å². The predicted molar refractivity (Wildman–Crippen MR) is 89.9 cm³/mol. The van der Waals surface area contributed by atoms with Crippen LogP contribution in [0.4, 0.5) is 14.9 Å². The molecular formula is C16H22FN3O3S. The Kier molecular flexibility index (Phi) is 4.78. The van der Waals surface area contributed by atoms with Crippen molar-refractivity contribution in [3.05, 3.63) is 29.6 Å². The molecule has 6 nitrogen and oxygen atoms in total.